The van der Waals surface area contributed by atoms with Gasteiger partial charge in [0.15, 0.2) is 11.5 Å². The highest BCUT2D eigenvalue weighted by Gasteiger charge is 2.12. The van der Waals surface area contributed by atoms with E-state index in [1.807, 2.05) is 0 Å². The van der Waals surface area contributed by atoms with Gasteiger partial charge in [0.1, 0.15) is 10.8 Å². The van der Waals surface area contributed by atoms with Crippen LogP contribution in [0.3, 0.4) is 0 Å². The van der Waals surface area contributed by atoms with Crippen LogP contribution < -0.4 is 11.5 Å². The number of anilines is 1. The second-order valence-electron chi connectivity index (χ2n) is 3.89. The molecule has 3 rings (SSSR count). The molecule has 0 aliphatic heterocycles. The Morgan fingerprint density at radius 2 is 2.28 bits per heavy atom. The van der Waals surface area contributed by atoms with Crippen LogP contribution >= 0.6 is 11.6 Å². The van der Waals surface area contributed by atoms with Gasteiger partial charge in [0, 0.05) is 12.6 Å². The smallest absolute Gasteiger partial charge is 0.408 e. The summed E-state index contributed by atoms with van der Waals surface area (Å²) in [7, 11) is 1.65. The molecule has 0 spiro atoms. The summed E-state index contributed by atoms with van der Waals surface area (Å²) in [5, 5.41) is 0.352. The number of benzene rings is 1. The average Bonchev–Trinajstić information content (AvgIpc) is 2.80. The summed E-state index contributed by atoms with van der Waals surface area (Å²) in [6.07, 6.45) is 0. The fraction of sp³-hybridized carbons (Fsp3) is 0.0909. The van der Waals surface area contributed by atoms with Crippen LogP contribution in [-0.4, -0.2) is 14.5 Å². The Morgan fingerprint density at radius 3 is 2.94 bits per heavy atom. The lowest BCUT2D eigenvalue weighted by atomic mass is 10.1. The first-order valence-electron chi connectivity index (χ1n) is 5.17. The van der Waals surface area contributed by atoms with Crippen LogP contribution in [-0.2, 0) is 7.05 Å². The molecular formula is C11H9ClN4O2. The molecule has 0 saturated carbocycles. The Kier molecular flexibility index (Phi) is 2.21. The van der Waals surface area contributed by atoms with E-state index >= 15 is 0 Å². The van der Waals surface area contributed by atoms with Crippen molar-refractivity contribution < 1.29 is 4.42 Å². The first-order chi connectivity index (χ1) is 8.56. The summed E-state index contributed by atoms with van der Waals surface area (Å²) >= 11 is 5.97. The Labute approximate surface area is 106 Å². The van der Waals surface area contributed by atoms with Gasteiger partial charge in [-0.15, -0.1) is 0 Å². The first kappa shape index (κ1) is 10.9. The molecule has 1 aromatic carbocycles. The Bertz CT molecular complexity index is 799. The molecule has 92 valence electrons. The number of nitrogens with one attached hydrogen (secondary N) is 1. The van der Waals surface area contributed by atoms with E-state index in [2.05, 4.69) is 9.97 Å². The first-order valence-corrected chi connectivity index (χ1v) is 5.55. The molecule has 3 N–H and O–H groups in total. The van der Waals surface area contributed by atoms with Crippen LogP contribution in [0.2, 0.25) is 5.15 Å². The highest BCUT2D eigenvalue weighted by Crippen LogP contribution is 2.28. The Balaban J connectivity index is 2.25. The van der Waals surface area contributed by atoms with Crippen molar-refractivity contribution in [2.75, 3.05) is 5.73 Å². The number of nitrogens with zero attached hydrogens (tertiary/aromatic N) is 2. The van der Waals surface area contributed by atoms with Gasteiger partial charge < -0.3 is 15.1 Å². The molecule has 0 bridgehead atoms. The minimum Gasteiger partial charge on any atom is -0.408 e. The summed E-state index contributed by atoms with van der Waals surface area (Å²) in [5.74, 6) is -0.167. The fourth-order valence-corrected chi connectivity index (χ4v) is 2.09. The number of halogens is 1. The van der Waals surface area contributed by atoms with Crippen LogP contribution in [0.15, 0.2) is 27.4 Å². The van der Waals surface area contributed by atoms with Crippen molar-refractivity contribution in [3.63, 3.8) is 0 Å². The predicted molar refractivity (Wildman–Crippen MR) is 68.5 cm³/mol. The molecule has 7 heteroatoms. The minimum atomic E-state index is -0.408. The average molecular weight is 265 g/mol. The van der Waals surface area contributed by atoms with Crippen LogP contribution in [0.5, 0.6) is 0 Å². The maximum Gasteiger partial charge on any atom is 0.419 e. The number of aromatic amines is 1. The van der Waals surface area contributed by atoms with Crippen molar-refractivity contribution in [2.24, 2.45) is 7.05 Å². The third-order valence-corrected chi connectivity index (χ3v) is 3.02. The standard InChI is InChI=1S/C11H9ClN4O2/c1-16-6-3-2-5(4-7(6)18-11(16)17)8-9(12)15-10(13)14-8/h2-4H,1H3,(H3,13,14,15). The molecule has 0 unspecified atom stereocenters. The highest BCUT2D eigenvalue weighted by molar-refractivity contribution is 6.32. The number of fused-ring (bicyclic) bond motifs is 1. The van der Waals surface area contributed by atoms with Crippen molar-refractivity contribution in [1.29, 1.82) is 0 Å². The van der Waals surface area contributed by atoms with Crippen LogP contribution in [0.1, 0.15) is 0 Å². The minimum absolute atomic E-state index is 0.240. The lowest BCUT2D eigenvalue weighted by Crippen LogP contribution is -2.08. The van der Waals surface area contributed by atoms with Gasteiger partial charge >= 0.3 is 5.76 Å². The molecular weight excluding hydrogens is 256 g/mol. The quantitative estimate of drug-likeness (QED) is 0.701. The van der Waals surface area contributed by atoms with Gasteiger partial charge in [-0.25, -0.2) is 9.78 Å². The Morgan fingerprint density at radius 1 is 1.50 bits per heavy atom. The molecule has 0 fully saturated rings. The van der Waals surface area contributed by atoms with Gasteiger partial charge in [-0.2, -0.15) is 0 Å². The molecule has 2 aromatic heterocycles. The summed E-state index contributed by atoms with van der Waals surface area (Å²) < 4.78 is 6.53. The molecule has 3 aromatic rings. The van der Waals surface area contributed by atoms with Gasteiger partial charge in [-0.1, -0.05) is 17.7 Å². The monoisotopic (exact) mass is 264 g/mol. The number of aromatic nitrogens is 3. The van der Waals surface area contributed by atoms with Crippen molar-refractivity contribution in [2.45, 2.75) is 0 Å². The van der Waals surface area contributed by atoms with E-state index in [0.717, 1.165) is 5.56 Å². The van der Waals surface area contributed by atoms with E-state index < -0.39 is 5.76 Å². The highest BCUT2D eigenvalue weighted by atomic mass is 35.5. The summed E-state index contributed by atoms with van der Waals surface area (Å²) in [5.41, 5.74) is 7.99. The van der Waals surface area contributed by atoms with E-state index in [1.54, 1.807) is 25.2 Å². The van der Waals surface area contributed by atoms with Crippen molar-refractivity contribution in [3.05, 3.63) is 33.9 Å². The molecule has 0 aliphatic carbocycles. The van der Waals surface area contributed by atoms with E-state index in [1.165, 1.54) is 4.57 Å². The largest absolute Gasteiger partial charge is 0.419 e. The summed E-state index contributed by atoms with van der Waals surface area (Å²) in [6, 6.07) is 5.29. The van der Waals surface area contributed by atoms with Gasteiger partial charge in [0.2, 0.25) is 0 Å². The number of H-pyrrole nitrogens is 1. The zero-order valence-corrected chi connectivity index (χ0v) is 10.2. The van der Waals surface area contributed by atoms with Crippen LogP contribution in [0.4, 0.5) is 5.95 Å². The number of imidazole rings is 1. The maximum atomic E-state index is 11.4. The molecule has 0 amide bonds. The maximum absolute atomic E-state index is 11.4. The molecule has 0 saturated heterocycles. The molecule has 6 nitrogen and oxygen atoms in total. The number of aryl methyl sites for hydroxylation is 1. The number of nitrogen functional groups attached to an aromatic ring is 1. The van der Waals surface area contributed by atoms with Gasteiger partial charge in [0.25, 0.3) is 0 Å². The van der Waals surface area contributed by atoms with E-state index in [-0.39, 0.29) is 5.95 Å². The Hall–Kier alpha value is -2.21. The number of hydrogen-bond donors (Lipinski definition) is 2. The zero-order valence-electron chi connectivity index (χ0n) is 9.40. The number of hydrogen-bond acceptors (Lipinski definition) is 4. The van der Waals surface area contributed by atoms with Gasteiger partial charge in [-0.05, 0) is 12.1 Å². The molecule has 18 heavy (non-hydrogen) atoms. The van der Waals surface area contributed by atoms with E-state index in [0.29, 0.717) is 21.9 Å². The third-order valence-electron chi connectivity index (χ3n) is 2.74. The molecule has 0 atom stereocenters. The second-order valence-corrected chi connectivity index (χ2v) is 4.27. The van der Waals surface area contributed by atoms with Gasteiger partial charge in [0.05, 0.1) is 5.52 Å². The van der Waals surface area contributed by atoms with Gasteiger partial charge in [-0.3, -0.25) is 4.57 Å². The zero-order chi connectivity index (χ0) is 12.9. The van der Waals surface area contributed by atoms with Crippen LogP contribution in [0.25, 0.3) is 22.4 Å². The third kappa shape index (κ3) is 1.50. The number of nitrogens with two attached hydrogens (primary N) is 1. The SMILES string of the molecule is Cn1c(=O)oc2cc(-c3nc(N)[nH]c3Cl)ccc21. The fourth-order valence-electron chi connectivity index (χ4n) is 1.84. The van der Waals surface area contributed by atoms with E-state index in [4.69, 9.17) is 21.8 Å². The molecule has 0 radical (unpaired) electrons. The van der Waals surface area contributed by atoms with Crippen molar-refractivity contribution in [1.82, 2.24) is 14.5 Å². The van der Waals surface area contributed by atoms with Crippen molar-refractivity contribution >= 4 is 28.6 Å². The lowest BCUT2D eigenvalue weighted by Gasteiger charge is -1.97. The number of oxazole rings is 1. The lowest BCUT2D eigenvalue weighted by molar-refractivity contribution is 0.528. The van der Waals surface area contributed by atoms with Crippen molar-refractivity contribution in [3.8, 4) is 11.3 Å². The van der Waals surface area contributed by atoms with Crippen LogP contribution in [0, 0.1) is 0 Å². The molecule has 2 heterocycles. The summed E-state index contributed by atoms with van der Waals surface area (Å²) in [6.45, 7) is 0. The summed E-state index contributed by atoms with van der Waals surface area (Å²) in [4.78, 5) is 18.2. The molecule has 0 aliphatic rings. The number of rotatable bonds is 1. The normalized spacial score (nSPS) is 11.2. The topological polar surface area (TPSA) is 89.8 Å². The predicted octanol–water partition coefficient (Wildman–Crippen LogP) is 1.76. The second kappa shape index (κ2) is 3.64. The van der Waals surface area contributed by atoms with E-state index in [9.17, 15) is 4.79 Å².